The van der Waals surface area contributed by atoms with Crippen LogP contribution < -0.4 is 15.0 Å². The number of hydrogen-bond donors (Lipinski definition) is 2. The number of carbonyl (C=O) groups excluding carboxylic acids is 1. The van der Waals surface area contributed by atoms with Crippen molar-refractivity contribution in [1.82, 2.24) is 20.3 Å². The normalized spacial score (nSPS) is 18.0. The highest BCUT2D eigenvalue weighted by molar-refractivity contribution is 7.91. The minimum absolute atomic E-state index is 0.00165. The molecule has 0 saturated carbocycles. The van der Waals surface area contributed by atoms with Crippen LogP contribution in [0.3, 0.4) is 0 Å². The highest BCUT2D eigenvalue weighted by Gasteiger charge is 2.38. The van der Waals surface area contributed by atoms with Crippen LogP contribution in [0.15, 0.2) is 59.9 Å². The predicted octanol–water partition coefficient (Wildman–Crippen LogP) is 4.19. The summed E-state index contributed by atoms with van der Waals surface area (Å²) in [5, 5.41) is 12.4. The maximum atomic E-state index is 13.9. The van der Waals surface area contributed by atoms with Crippen LogP contribution in [-0.4, -0.2) is 78.1 Å². The van der Waals surface area contributed by atoms with Crippen molar-refractivity contribution in [1.29, 1.82) is 0 Å². The highest BCUT2D eigenvalue weighted by Crippen LogP contribution is 2.32. The Bertz CT molecular complexity index is 1580. The first-order valence-corrected chi connectivity index (χ1v) is 15.9. The van der Waals surface area contributed by atoms with E-state index in [9.17, 15) is 40.3 Å². The average molecular weight is 674 g/mol. The zero-order valence-electron chi connectivity index (χ0n) is 24.7. The Morgan fingerprint density at radius 2 is 1.72 bits per heavy atom. The standard InChI is InChI=1S/C29H32F5N5O6S/c1-3-28(30,31)44-17-20-11-22(45-21-7-5-19(6-8-21)29(32,33)34)15-39(20)27-36-12-18(13-37-27)26(41)38-25(16-40)24-10-9-23(14-35-24)46(42,43)4-2/h5-10,12-14,20,22,25,40H,3-4,11,15-17H2,1-2H3,(H,38,41)/t20-,22-,25-/m0/s1. The van der Waals surface area contributed by atoms with Crippen molar-refractivity contribution in [3.05, 3.63) is 71.8 Å². The second-order valence-electron chi connectivity index (χ2n) is 10.4. The van der Waals surface area contributed by atoms with Crippen molar-refractivity contribution >= 4 is 21.7 Å². The van der Waals surface area contributed by atoms with E-state index < -0.39 is 71.4 Å². The first kappa shape index (κ1) is 34.9. The average Bonchev–Trinajstić information content (AvgIpc) is 3.45. The Morgan fingerprint density at radius 3 is 2.26 bits per heavy atom. The van der Waals surface area contributed by atoms with E-state index in [4.69, 9.17) is 9.47 Å². The molecule has 1 aromatic carbocycles. The number of halogens is 5. The van der Waals surface area contributed by atoms with Gasteiger partial charge in [0.1, 0.15) is 11.9 Å². The van der Waals surface area contributed by atoms with Gasteiger partial charge in [-0.25, -0.2) is 18.4 Å². The third-order valence-corrected chi connectivity index (χ3v) is 8.98. The molecule has 0 aliphatic carbocycles. The molecular weight excluding hydrogens is 641 g/mol. The SMILES string of the molecule is CCC(F)(F)OC[C@@H]1C[C@H](Oc2ccc(C(F)(F)F)cc2)CN1c1ncc(C(=O)N[C@@H](CO)c2ccc(S(=O)(=O)CC)cn2)cn1. The fraction of sp³-hybridized carbons (Fsp3) is 0.448. The summed E-state index contributed by atoms with van der Waals surface area (Å²) < 4.78 is 101. The number of aliphatic hydroxyl groups is 1. The van der Waals surface area contributed by atoms with E-state index in [1.807, 2.05) is 0 Å². The number of amides is 1. The molecule has 1 aliphatic rings. The Morgan fingerprint density at radius 1 is 1.04 bits per heavy atom. The second kappa shape index (κ2) is 14.2. The summed E-state index contributed by atoms with van der Waals surface area (Å²) in [6.07, 6.45) is -5.40. The number of hydrogen-bond acceptors (Lipinski definition) is 10. The summed E-state index contributed by atoms with van der Waals surface area (Å²) in [5.41, 5.74) is -0.638. The van der Waals surface area contributed by atoms with Crippen molar-refractivity contribution in [2.45, 2.75) is 62.1 Å². The number of anilines is 1. The molecule has 17 heteroatoms. The number of nitrogens with zero attached hydrogens (tertiary/aromatic N) is 4. The molecule has 46 heavy (non-hydrogen) atoms. The molecule has 0 spiro atoms. The largest absolute Gasteiger partial charge is 0.489 e. The molecule has 3 atom stereocenters. The maximum absolute atomic E-state index is 13.9. The number of aliphatic hydroxyl groups excluding tert-OH is 1. The zero-order chi connectivity index (χ0) is 33.7. The molecule has 0 unspecified atom stereocenters. The molecule has 0 bridgehead atoms. The van der Waals surface area contributed by atoms with Gasteiger partial charge in [0.15, 0.2) is 9.84 Å². The lowest BCUT2D eigenvalue weighted by Gasteiger charge is -2.26. The van der Waals surface area contributed by atoms with Crippen LogP contribution in [-0.2, 0) is 20.8 Å². The molecular formula is C29H32F5N5O6S. The number of pyridine rings is 1. The number of alkyl halides is 5. The van der Waals surface area contributed by atoms with Crippen LogP contribution in [0.4, 0.5) is 27.9 Å². The van der Waals surface area contributed by atoms with E-state index >= 15 is 0 Å². The molecule has 2 aromatic heterocycles. The van der Waals surface area contributed by atoms with Crippen molar-refractivity contribution < 1.29 is 49.7 Å². The van der Waals surface area contributed by atoms with Crippen molar-refractivity contribution in [3.8, 4) is 5.75 Å². The first-order valence-electron chi connectivity index (χ1n) is 14.2. The molecule has 11 nitrogen and oxygen atoms in total. The summed E-state index contributed by atoms with van der Waals surface area (Å²) >= 11 is 0. The third kappa shape index (κ3) is 8.64. The summed E-state index contributed by atoms with van der Waals surface area (Å²) in [5.74, 6) is -0.574. The Balaban J connectivity index is 1.46. The molecule has 0 radical (unpaired) electrons. The summed E-state index contributed by atoms with van der Waals surface area (Å²) in [6.45, 7) is 1.86. The van der Waals surface area contributed by atoms with Crippen molar-refractivity contribution in [3.63, 3.8) is 0 Å². The van der Waals surface area contributed by atoms with E-state index in [1.54, 1.807) is 4.90 Å². The van der Waals surface area contributed by atoms with Gasteiger partial charge in [0.05, 0.1) is 59.3 Å². The fourth-order valence-electron chi connectivity index (χ4n) is 4.59. The van der Waals surface area contributed by atoms with Gasteiger partial charge in [-0.1, -0.05) is 13.8 Å². The summed E-state index contributed by atoms with van der Waals surface area (Å²) in [4.78, 5) is 27.0. The number of ether oxygens (including phenoxy) is 2. The van der Waals surface area contributed by atoms with E-state index in [2.05, 4.69) is 20.3 Å². The number of nitrogens with one attached hydrogen (secondary N) is 1. The lowest BCUT2D eigenvalue weighted by Crippen LogP contribution is -2.37. The zero-order valence-corrected chi connectivity index (χ0v) is 25.6. The highest BCUT2D eigenvalue weighted by atomic mass is 32.2. The Hall–Kier alpha value is -3.96. The van der Waals surface area contributed by atoms with E-state index in [1.165, 1.54) is 50.5 Å². The van der Waals surface area contributed by atoms with Crippen LogP contribution in [0.5, 0.6) is 5.75 Å². The van der Waals surface area contributed by atoms with Crippen LogP contribution in [0.25, 0.3) is 0 Å². The van der Waals surface area contributed by atoms with Gasteiger partial charge in [-0.15, -0.1) is 0 Å². The number of carbonyl (C=O) groups is 1. The fourth-order valence-corrected chi connectivity index (χ4v) is 5.41. The Kier molecular flexibility index (Phi) is 10.8. The second-order valence-corrected chi connectivity index (χ2v) is 12.7. The third-order valence-electron chi connectivity index (χ3n) is 7.26. The van der Waals surface area contributed by atoms with Gasteiger partial charge in [-0.05, 0) is 36.4 Å². The number of benzene rings is 1. The quantitative estimate of drug-likeness (QED) is 0.254. The van der Waals surface area contributed by atoms with Gasteiger partial charge in [0.2, 0.25) is 5.95 Å². The van der Waals surface area contributed by atoms with Gasteiger partial charge >= 0.3 is 12.3 Å². The Labute approximate surface area is 261 Å². The minimum Gasteiger partial charge on any atom is -0.489 e. The molecule has 2 N–H and O–H groups in total. The number of sulfone groups is 1. The van der Waals surface area contributed by atoms with Gasteiger partial charge in [0.25, 0.3) is 5.91 Å². The molecule has 3 heterocycles. The predicted molar refractivity (Wildman–Crippen MR) is 154 cm³/mol. The van der Waals surface area contributed by atoms with Crippen LogP contribution in [0.1, 0.15) is 54.3 Å². The van der Waals surface area contributed by atoms with Gasteiger partial charge < -0.3 is 24.8 Å². The van der Waals surface area contributed by atoms with Crippen LogP contribution in [0, 0.1) is 0 Å². The molecule has 1 saturated heterocycles. The smallest absolute Gasteiger partial charge is 0.416 e. The van der Waals surface area contributed by atoms with Gasteiger partial charge in [0, 0.05) is 31.4 Å². The topological polar surface area (TPSA) is 144 Å². The maximum Gasteiger partial charge on any atom is 0.416 e. The van der Waals surface area contributed by atoms with Crippen LogP contribution in [0.2, 0.25) is 0 Å². The molecule has 1 fully saturated rings. The lowest BCUT2D eigenvalue weighted by molar-refractivity contribution is -0.241. The first-order chi connectivity index (χ1) is 21.7. The van der Waals surface area contributed by atoms with E-state index in [-0.39, 0.29) is 46.6 Å². The molecule has 250 valence electrons. The molecule has 1 aliphatic heterocycles. The van der Waals surface area contributed by atoms with Crippen molar-refractivity contribution in [2.75, 3.05) is 30.4 Å². The number of rotatable bonds is 13. The van der Waals surface area contributed by atoms with Gasteiger partial charge in [-0.2, -0.15) is 22.0 Å². The van der Waals surface area contributed by atoms with Crippen LogP contribution >= 0.6 is 0 Å². The van der Waals surface area contributed by atoms with Crippen molar-refractivity contribution in [2.24, 2.45) is 0 Å². The summed E-state index contributed by atoms with van der Waals surface area (Å²) in [6, 6.07) is 5.13. The number of aromatic nitrogens is 3. The lowest BCUT2D eigenvalue weighted by atomic mass is 10.2. The molecule has 4 rings (SSSR count). The minimum atomic E-state index is -4.52. The molecule has 1 amide bonds. The monoisotopic (exact) mass is 673 g/mol. The van der Waals surface area contributed by atoms with E-state index in [0.717, 1.165) is 18.3 Å². The van der Waals surface area contributed by atoms with Gasteiger partial charge in [-0.3, -0.25) is 9.78 Å². The molecule has 3 aromatic rings. The van der Waals surface area contributed by atoms with E-state index in [0.29, 0.717) is 0 Å². The summed E-state index contributed by atoms with van der Waals surface area (Å²) in [7, 11) is -3.49.